The molecule has 0 bridgehead atoms. The largest absolute Gasteiger partial charge is 0.416 e. The molecule has 1 aliphatic carbocycles. The first-order chi connectivity index (χ1) is 16.7. The summed E-state index contributed by atoms with van der Waals surface area (Å²) in [5.74, 6) is -1.06. The van der Waals surface area contributed by atoms with Crippen molar-refractivity contribution in [2.24, 2.45) is 0 Å². The molecule has 182 valence electrons. The molecule has 0 radical (unpaired) electrons. The molecule has 0 atom stereocenters. The van der Waals surface area contributed by atoms with E-state index in [-0.39, 0.29) is 43.6 Å². The number of rotatable bonds is 3. The maximum Gasteiger partial charge on any atom is 0.416 e. The van der Waals surface area contributed by atoms with E-state index in [1.165, 1.54) is 27.8 Å². The minimum atomic E-state index is -4.47. The molecule has 1 aliphatic heterocycles. The van der Waals surface area contributed by atoms with Gasteiger partial charge < -0.3 is 9.80 Å². The number of hydrogen-bond donors (Lipinski definition) is 0. The predicted molar refractivity (Wildman–Crippen MR) is 119 cm³/mol. The molecule has 1 aromatic heterocycles. The molecule has 0 unspecified atom stereocenters. The van der Waals surface area contributed by atoms with Crippen LogP contribution in [0.2, 0.25) is 0 Å². The van der Waals surface area contributed by atoms with Gasteiger partial charge in [-0.2, -0.15) is 18.3 Å². The van der Waals surface area contributed by atoms with Crippen LogP contribution in [0.15, 0.2) is 48.5 Å². The number of amides is 2. The predicted octanol–water partition coefficient (Wildman–Crippen LogP) is 4.12. The van der Waals surface area contributed by atoms with Crippen molar-refractivity contribution in [1.29, 1.82) is 0 Å². The lowest BCUT2D eigenvalue weighted by Crippen LogP contribution is -2.50. The van der Waals surface area contributed by atoms with Gasteiger partial charge in [-0.1, -0.05) is 12.1 Å². The van der Waals surface area contributed by atoms with Gasteiger partial charge in [-0.05, 0) is 55.7 Å². The van der Waals surface area contributed by atoms with E-state index in [0.717, 1.165) is 29.8 Å². The number of carbonyl (C=O) groups excluding carboxylic acids is 2. The minimum Gasteiger partial charge on any atom is -0.335 e. The average molecular weight is 486 g/mol. The summed E-state index contributed by atoms with van der Waals surface area (Å²) in [6.45, 7) is 1.04. The van der Waals surface area contributed by atoms with Crippen molar-refractivity contribution in [2.75, 3.05) is 26.2 Å². The lowest BCUT2D eigenvalue weighted by molar-refractivity contribution is -0.137. The van der Waals surface area contributed by atoms with E-state index in [1.54, 1.807) is 23.1 Å². The molecule has 0 saturated carbocycles. The van der Waals surface area contributed by atoms with Gasteiger partial charge in [0, 0.05) is 43.0 Å². The Kier molecular flexibility index (Phi) is 5.82. The zero-order chi connectivity index (χ0) is 24.7. The monoisotopic (exact) mass is 486 g/mol. The van der Waals surface area contributed by atoms with Gasteiger partial charge in [-0.3, -0.25) is 9.59 Å². The van der Waals surface area contributed by atoms with Crippen LogP contribution in [-0.2, 0) is 19.0 Å². The Labute approximate surface area is 198 Å². The molecule has 5 rings (SSSR count). The lowest BCUT2D eigenvalue weighted by Gasteiger charge is -2.34. The number of hydrogen-bond acceptors (Lipinski definition) is 3. The molecule has 2 aromatic carbocycles. The van der Waals surface area contributed by atoms with Gasteiger partial charge >= 0.3 is 6.18 Å². The maximum atomic E-state index is 14.4. The third-order valence-electron chi connectivity index (χ3n) is 6.53. The van der Waals surface area contributed by atoms with Crippen molar-refractivity contribution in [2.45, 2.75) is 25.4 Å². The molecule has 35 heavy (non-hydrogen) atoms. The SMILES string of the molecule is O=C(c1ccc(C(F)(F)F)cc1)N1CCN(C(=O)c2nn(-c3ccccc3F)c3c2CCC3)CC1. The van der Waals surface area contributed by atoms with Crippen molar-refractivity contribution < 1.29 is 27.2 Å². The first kappa shape index (κ1) is 23.1. The summed E-state index contributed by atoms with van der Waals surface area (Å²) in [5.41, 5.74) is 1.64. The molecule has 1 saturated heterocycles. The van der Waals surface area contributed by atoms with Crippen molar-refractivity contribution >= 4 is 11.8 Å². The Hall–Kier alpha value is -3.69. The van der Waals surface area contributed by atoms with Gasteiger partial charge in [0.1, 0.15) is 11.5 Å². The van der Waals surface area contributed by atoms with E-state index in [9.17, 15) is 27.2 Å². The van der Waals surface area contributed by atoms with Crippen LogP contribution in [0.5, 0.6) is 0 Å². The first-order valence-electron chi connectivity index (χ1n) is 11.4. The van der Waals surface area contributed by atoms with Gasteiger partial charge in [-0.25, -0.2) is 9.07 Å². The van der Waals surface area contributed by atoms with Crippen molar-refractivity contribution in [3.63, 3.8) is 0 Å². The van der Waals surface area contributed by atoms with Crippen LogP contribution < -0.4 is 0 Å². The van der Waals surface area contributed by atoms with Crippen LogP contribution in [0.1, 0.15) is 44.1 Å². The zero-order valence-electron chi connectivity index (χ0n) is 18.7. The Bertz CT molecular complexity index is 1280. The fraction of sp³-hybridized carbons (Fsp3) is 0.320. The number of para-hydroxylation sites is 1. The molecule has 0 N–H and O–H groups in total. The summed E-state index contributed by atoms with van der Waals surface area (Å²) in [7, 11) is 0. The molecule has 2 amide bonds. The quantitative estimate of drug-likeness (QED) is 0.524. The third-order valence-corrected chi connectivity index (χ3v) is 6.53. The Balaban J connectivity index is 1.29. The number of alkyl halides is 3. The molecule has 0 spiro atoms. The fourth-order valence-electron chi connectivity index (χ4n) is 4.68. The Morgan fingerprint density at radius 1 is 0.829 bits per heavy atom. The number of benzene rings is 2. The highest BCUT2D eigenvalue weighted by Gasteiger charge is 2.33. The van der Waals surface area contributed by atoms with Crippen molar-refractivity contribution in [1.82, 2.24) is 19.6 Å². The van der Waals surface area contributed by atoms with E-state index in [0.29, 0.717) is 24.2 Å². The number of piperazine rings is 1. The number of carbonyl (C=O) groups is 2. The van der Waals surface area contributed by atoms with E-state index >= 15 is 0 Å². The third kappa shape index (κ3) is 4.28. The minimum absolute atomic E-state index is 0.166. The first-order valence-corrected chi connectivity index (χ1v) is 11.4. The van der Waals surface area contributed by atoms with Gasteiger partial charge in [-0.15, -0.1) is 0 Å². The molecule has 2 heterocycles. The molecular weight excluding hydrogens is 464 g/mol. The second-order valence-corrected chi connectivity index (χ2v) is 8.65. The number of halogens is 4. The van der Waals surface area contributed by atoms with Gasteiger partial charge in [0.25, 0.3) is 11.8 Å². The highest BCUT2D eigenvalue weighted by molar-refractivity contribution is 5.96. The van der Waals surface area contributed by atoms with E-state index < -0.39 is 17.6 Å². The molecule has 6 nitrogen and oxygen atoms in total. The summed E-state index contributed by atoms with van der Waals surface area (Å²) in [4.78, 5) is 29.2. The molecule has 3 aromatic rings. The lowest BCUT2D eigenvalue weighted by atomic mass is 10.1. The molecule has 10 heteroatoms. The van der Waals surface area contributed by atoms with Crippen LogP contribution in [0.25, 0.3) is 5.69 Å². The second-order valence-electron chi connectivity index (χ2n) is 8.65. The highest BCUT2D eigenvalue weighted by atomic mass is 19.4. The fourth-order valence-corrected chi connectivity index (χ4v) is 4.68. The zero-order valence-corrected chi connectivity index (χ0v) is 18.7. The van der Waals surface area contributed by atoms with Crippen LogP contribution in [0.3, 0.4) is 0 Å². The van der Waals surface area contributed by atoms with Crippen molar-refractivity contribution in [3.8, 4) is 5.69 Å². The molecule has 1 fully saturated rings. The van der Waals surface area contributed by atoms with Crippen LogP contribution in [0.4, 0.5) is 17.6 Å². The number of fused-ring (bicyclic) bond motifs is 1. The van der Waals surface area contributed by atoms with Crippen molar-refractivity contribution in [3.05, 3.63) is 82.4 Å². The Morgan fingerprint density at radius 2 is 1.46 bits per heavy atom. The summed E-state index contributed by atoms with van der Waals surface area (Å²) < 4.78 is 54.3. The van der Waals surface area contributed by atoms with Gasteiger partial charge in [0.05, 0.1) is 5.56 Å². The van der Waals surface area contributed by atoms with Gasteiger partial charge in [0.15, 0.2) is 5.69 Å². The number of aromatic nitrogens is 2. The Morgan fingerprint density at radius 3 is 2.09 bits per heavy atom. The summed E-state index contributed by atoms with van der Waals surface area (Å²) in [6, 6.07) is 10.4. The summed E-state index contributed by atoms with van der Waals surface area (Å²) in [6.07, 6.45) is -2.21. The maximum absolute atomic E-state index is 14.4. The van der Waals surface area contributed by atoms with E-state index in [2.05, 4.69) is 5.10 Å². The van der Waals surface area contributed by atoms with E-state index in [4.69, 9.17) is 0 Å². The topological polar surface area (TPSA) is 58.4 Å². The summed E-state index contributed by atoms with van der Waals surface area (Å²) >= 11 is 0. The van der Waals surface area contributed by atoms with E-state index in [1.807, 2.05) is 0 Å². The van der Waals surface area contributed by atoms with Crippen LogP contribution >= 0.6 is 0 Å². The standard InChI is InChI=1S/C25H22F4N4O2/c26-19-5-1-2-6-21(19)33-20-7-3-4-18(20)22(30-33)24(35)32-14-12-31(13-15-32)23(34)16-8-10-17(11-9-16)25(27,28)29/h1-2,5-6,8-11H,3-4,7,12-15H2. The molecular formula is C25H22F4N4O2. The molecule has 2 aliphatic rings. The smallest absolute Gasteiger partial charge is 0.335 e. The number of nitrogens with zero attached hydrogens (tertiary/aromatic N) is 4. The highest BCUT2D eigenvalue weighted by Crippen LogP contribution is 2.31. The normalized spacial score (nSPS) is 15.9. The van der Waals surface area contributed by atoms with Crippen LogP contribution in [-0.4, -0.2) is 57.6 Å². The summed E-state index contributed by atoms with van der Waals surface area (Å²) in [5, 5.41) is 4.48. The van der Waals surface area contributed by atoms with Gasteiger partial charge in [0.2, 0.25) is 0 Å². The van der Waals surface area contributed by atoms with Crippen LogP contribution in [0, 0.1) is 5.82 Å². The average Bonchev–Trinajstić information content (AvgIpc) is 3.46. The second kappa shape index (κ2) is 8.83.